The molecular formula is C10H15F3N2O. The van der Waals surface area contributed by atoms with Crippen LogP contribution in [0.4, 0.5) is 13.2 Å². The minimum absolute atomic E-state index is 0.189. The minimum atomic E-state index is -4.17. The van der Waals surface area contributed by atoms with Gasteiger partial charge in [0.05, 0.1) is 25.1 Å². The maximum Gasteiger partial charge on any atom is 0.391 e. The fourth-order valence-electron chi connectivity index (χ4n) is 1.21. The van der Waals surface area contributed by atoms with Crippen LogP contribution in [0.1, 0.15) is 25.7 Å². The first kappa shape index (κ1) is 13.3. The van der Waals surface area contributed by atoms with Crippen LogP contribution in [-0.2, 0) is 4.74 Å². The van der Waals surface area contributed by atoms with Gasteiger partial charge in [-0.2, -0.15) is 18.4 Å². The SMILES string of the molecule is N#CC(CCOCCC(F)(F)F)NC1CC1. The summed E-state index contributed by atoms with van der Waals surface area (Å²) in [6.07, 6.45) is -2.51. The summed E-state index contributed by atoms with van der Waals surface area (Å²) < 4.78 is 40.1. The number of hydrogen-bond donors (Lipinski definition) is 1. The van der Waals surface area contributed by atoms with Gasteiger partial charge < -0.3 is 4.74 Å². The lowest BCUT2D eigenvalue weighted by Crippen LogP contribution is -2.30. The molecular weight excluding hydrogens is 221 g/mol. The molecule has 0 aromatic rings. The molecule has 0 heterocycles. The predicted octanol–water partition coefficient (Wildman–Crippen LogP) is 1.99. The molecule has 0 aliphatic heterocycles. The topological polar surface area (TPSA) is 45.0 Å². The normalized spacial score (nSPS) is 18.1. The first-order valence-corrected chi connectivity index (χ1v) is 5.31. The highest BCUT2D eigenvalue weighted by Gasteiger charge is 2.27. The van der Waals surface area contributed by atoms with Crippen molar-refractivity contribution >= 4 is 0 Å². The van der Waals surface area contributed by atoms with Crippen LogP contribution in [0.5, 0.6) is 0 Å². The molecule has 0 spiro atoms. The molecule has 1 aliphatic rings. The van der Waals surface area contributed by atoms with E-state index in [4.69, 9.17) is 10.00 Å². The molecule has 3 nitrogen and oxygen atoms in total. The Morgan fingerprint density at radius 3 is 2.56 bits per heavy atom. The summed E-state index contributed by atoms with van der Waals surface area (Å²) in [5.74, 6) is 0. The van der Waals surface area contributed by atoms with Gasteiger partial charge in [0, 0.05) is 12.6 Å². The Balaban J connectivity index is 1.98. The minimum Gasteiger partial charge on any atom is -0.381 e. The zero-order chi connectivity index (χ0) is 12.0. The highest BCUT2D eigenvalue weighted by Crippen LogP contribution is 2.20. The molecule has 16 heavy (non-hydrogen) atoms. The Morgan fingerprint density at radius 2 is 2.06 bits per heavy atom. The summed E-state index contributed by atoms with van der Waals surface area (Å²) in [5.41, 5.74) is 0. The van der Waals surface area contributed by atoms with Crippen molar-refractivity contribution in [1.29, 1.82) is 5.26 Å². The van der Waals surface area contributed by atoms with Gasteiger partial charge in [-0.15, -0.1) is 0 Å². The van der Waals surface area contributed by atoms with E-state index in [1.165, 1.54) is 0 Å². The molecule has 0 saturated heterocycles. The molecule has 0 amide bonds. The maximum atomic E-state index is 11.7. The highest BCUT2D eigenvalue weighted by molar-refractivity contribution is 4.95. The summed E-state index contributed by atoms with van der Waals surface area (Å²) in [6.45, 7) is -0.140. The Labute approximate surface area is 92.6 Å². The molecule has 0 aromatic carbocycles. The number of rotatable bonds is 7. The van der Waals surface area contributed by atoms with Crippen molar-refractivity contribution in [3.05, 3.63) is 0 Å². The monoisotopic (exact) mass is 236 g/mol. The largest absolute Gasteiger partial charge is 0.391 e. The van der Waals surface area contributed by atoms with Gasteiger partial charge in [0.15, 0.2) is 0 Å². The number of halogens is 3. The van der Waals surface area contributed by atoms with Crippen molar-refractivity contribution in [3.8, 4) is 6.07 Å². The van der Waals surface area contributed by atoms with Crippen molar-refractivity contribution in [2.24, 2.45) is 0 Å². The molecule has 0 bridgehead atoms. The van der Waals surface area contributed by atoms with Gasteiger partial charge in [0.25, 0.3) is 0 Å². The van der Waals surface area contributed by atoms with Crippen molar-refractivity contribution < 1.29 is 17.9 Å². The van der Waals surface area contributed by atoms with Crippen LogP contribution in [0.3, 0.4) is 0 Å². The Bertz CT molecular complexity index is 245. The van der Waals surface area contributed by atoms with Gasteiger partial charge in [-0.1, -0.05) is 0 Å². The van der Waals surface area contributed by atoms with Crippen LogP contribution in [-0.4, -0.2) is 31.5 Å². The lowest BCUT2D eigenvalue weighted by molar-refractivity contribution is -0.145. The quantitative estimate of drug-likeness (QED) is 0.687. The molecule has 6 heteroatoms. The fourth-order valence-corrected chi connectivity index (χ4v) is 1.21. The lowest BCUT2D eigenvalue weighted by atomic mass is 10.2. The molecule has 1 unspecified atom stereocenters. The average Bonchev–Trinajstić information content (AvgIpc) is 2.97. The first-order chi connectivity index (χ1) is 7.51. The Kier molecular flexibility index (Phi) is 5.03. The molecule has 92 valence electrons. The van der Waals surface area contributed by atoms with Gasteiger partial charge in [-0.05, 0) is 19.3 Å². The van der Waals surface area contributed by atoms with E-state index in [0.29, 0.717) is 12.5 Å². The number of ether oxygens (including phenoxy) is 1. The molecule has 0 aromatic heterocycles. The summed E-state index contributed by atoms with van der Waals surface area (Å²) in [7, 11) is 0. The van der Waals surface area contributed by atoms with E-state index in [0.717, 1.165) is 12.8 Å². The van der Waals surface area contributed by atoms with E-state index < -0.39 is 12.6 Å². The lowest BCUT2D eigenvalue weighted by Gasteiger charge is -2.11. The highest BCUT2D eigenvalue weighted by atomic mass is 19.4. The van der Waals surface area contributed by atoms with Crippen LogP contribution in [0.2, 0.25) is 0 Å². The summed E-state index contributed by atoms with van der Waals surface area (Å²) in [5, 5.41) is 11.8. The number of hydrogen-bond acceptors (Lipinski definition) is 3. The van der Waals surface area contributed by atoms with Gasteiger partial charge in [0.2, 0.25) is 0 Å². The maximum absolute atomic E-state index is 11.7. The van der Waals surface area contributed by atoms with Crippen LogP contribution >= 0.6 is 0 Å². The molecule has 1 saturated carbocycles. The van der Waals surface area contributed by atoms with Crippen LogP contribution < -0.4 is 5.32 Å². The van der Waals surface area contributed by atoms with Crippen LogP contribution in [0.25, 0.3) is 0 Å². The molecule has 0 radical (unpaired) electrons. The van der Waals surface area contributed by atoms with Gasteiger partial charge in [0.1, 0.15) is 0 Å². The Hall–Kier alpha value is -0.800. The standard InChI is InChI=1S/C10H15F3N2O/c11-10(12,13)4-6-16-5-3-9(7-14)15-8-1-2-8/h8-9,15H,1-6H2. The zero-order valence-corrected chi connectivity index (χ0v) is 8.89. The second-order valence-corrected chi connectivity index (χ2v) is 3.89. The van der Waals surface area contributed by atoms with Crippen LogP contribution in [0.15, 0.2) is 0 Å². The van der Waals surface area contributed by atoms with Gasteiger partial charge in [-0.25, -0.2) is 0 Å². The molecule has 1 N–H and O–H groups in total. The van der Waals surface area contributed by atoms with Crippen molar-refractivity contribution in [1.82, 2.24) is 5.32 Å². The molecule has 1 fully saturated rings. The molecule has 1 aliphatic carbocycles. The average molecular weight is 236 g/mol. The van der Waals surface area contributed by atoms with Gasteiger partial charge >= 0.3 is 6.18 Å². The second-order valence-electron chi connectivity index (χ2n) is 3.89. The summed E-state index contributed by atoms with van der Waals surface area (Å²) in [4.78, 5) is 0. The third-order valence-electron chi connectivity index (χ3n) is 2.25. The fraction of sp³-hybridized carbons (Fsp3) is 0.900. The molecule has 1 rings (SSSR count). The number of nitrogens with zero attached hydrogens (tertiary/aromatic N) is 1. The first-order valence-electron chi connectivity index (χ1n) is 5.31. The smallest absolute Gasteiger partial charge is 0.381 e. The third-order valence-corrected chi connectivity index (χ3v) is 2.25. The summed E-state index contributed by atoms with van der Waals surface area (Å²) >= 11 is 0. The van der Waals surface area contributed by atoms with E-state index in [2.05, 4.69) is 11.4 Å². The van der Waals surface area contributed by atoms with Crippen molar-refractivity contribution in [3.63, 3.8) is 0 Å². The number of nitrogens with one attached hydrogen (secondary N) is 1. The van der Waals surface area contributed by atoms with E-state index in [1.54, 1.807) is 0 Å². The van der Waals surface area contributed by atoms with Crippen molar-refractivity contribution in [2.45, 2.75) is 43.9 Å². The predicted molar refractivity (Wildman–Crippen MR) is 51.7 cm³/mol. The number of nitriles is 1. The Morgan fingerprint density at radius 1 is 1.38 bits per heavy atom. The van der Waals surface area contributed by atoms with Crippen molar-refractivity contribution in [2.75, 3.05) is 13.2 Å². The third kappa shape index (κ3) is 6.64. The van der Waals surface area contributed by atoms with E-state index in [-0.39, 0.29) is 19.3 Å². The van der Waals surface area contributed by atoms with Crippen LogP contribution in [0, 0.1) is 11.3 Å². The summed E-state index contributed by atoms with van der Waals surface area (Å²) in [6, 6.07) is 2.18. The van der Waals surface area contributed by atoms with Gasteiger partial charge in [-0.3, -0.25) is 5.32 Å². The van der Waals surface area contributed by atoms with E-state index >= 15 is 0 Å². The zero-order valence-electron chi connectivity index (χ0n) is 8.89. The van der Waals surface area contributed by atoms with E-state index in [1.807, 2.05) is 0 Å². The number of alkyl halides is 3. The second kappa shape index (κ2) is 6.06. The molecule has 1 atom stereocenters. The van der Waals surface area contributed by atoms with E-state index in [9.17, 15) is 13.2 Å².